The molecular formula is C19H22F2N2O2S. The van der Waals surface area contributed by atoms with Gasteiger partial charge in [-0.2, -0.15) is 0 Å². The highest BCUT2D eigenvalue weighted by molar-refractivity contribution is 7.80. The first-order chi connectivity index (χ1) is 12.4. The second-order valence-corrected chi connectivity index (χ2v) is 5.93. The molecule has 0 aliphatic heterocycles. The van der Waals surface area contributed by atoms with Gasteiger partial charge >= 0.3 is 0 Å². The van der Waals surface area contributed by atoms with Gasteiger partial charge in [0, 0.05) is 11.8 Å². The number of thiocarbonyl (C=S) groups is 1. The van der Waals surface area contributed by atoms with Crippen LogP contribution in [0.25, 0.3) is 0 Å². The minimum absolute atomic E-state index is 0.129. The molecule has 0 amide bonds. The van der Waals surface area contributed by atoms with E-state index in [1.54, 1.807) is 0 Å². The Labute approximate surface area is 157 Å². The third-order valence-corrected chi connectivity index (χ3v) is 3.81. The number of halogens is 2. The summed E-state index contributed by atoms with van der Waals surface area (Å²) >= 11 is 5.25. The van der Waals surface area contributed by atoms with Gasteiger partial charge in [-0.15, -0.1) is 0 Å². The Bertz CT molecular complexity index is 771. The van der Waals surface area contributed by atoms with Crippen molar-refractivity contribution >= 4 is 23.0 Å². The van der Waals surface area contributed by atoms with E-state index in [1.165, 1.54) is 6.07 Å². The third-order valence-electron chi connectivity index (χ3n) is 3.59. The predicted octanol–water partition coefficient (Wildman–Crippen LogP) is 4.81. The van der Waals surface area contributed by atoms with Crippen LogP contribution in [-0.2, 0) is 0 Å². The van der Waals surface area contributed by atoms with Crippen LogP contribution < -0.4 is 20.1 Å². The molecule has 0 aromatic heterocycles. The quantitative estimate of drug-likeness (QED) is 0.675. The molecule has 0 heterocycles. The lowest BCUT2D eigenvalue weighted by Gasteiger charge is -2.19. The minimum atomic E-state index is -0.932. The van der Waals surface area contributed by atoms with Crippen molar-refractivity contribution in [1.29, 1.82) is 0 Å². The Balaban J connectivity index is 2.05. The molecule has 0 aliphatic carbocycles. The lowest BCUT2D eigenvalue weighted by atomic mass is 10.1. The molecule has 0 saturated heterocycles. The molecule has 26 heavy (non-hydrogen) atoms. The largest absolute Gasteiger partial charge is 0.490 e. The highest BCUT2D eigenvalue weighted by Crippen LogP contribution is 2.30. The second-order valence-electron chi connectivity index (χ2n) is 5.52. The van der Waals surface area contributed by atoms with Gasteiger partial charge in [0.2, 0.25) is 0 Å². The topological polar surface area (TPSA) is 42.5 Å². The summed E-state index contributed by atoms with van der Waals surface area (Å²) in [6.07, 6.45) is 0. The number of benzene rings is 2. The Morgan fingerprint density at radius 1 is 1.00 bits per heavy atom. The van der Waals surface area contributed by atoms with Crippen LogP contribution in [0.4, 0.5) is 14.5 Å². The SMILES string of the molecule is CCOc1ccc([C@@H](C)NC(=S)Nc2ccc(F)c(F)c2)cc1OCC. The fourth-order valence-electron chi connectivity index (χ4n) is 2.36. The molecule has 0 spiro atoms. The van der Waals surface area contributed by atoms with E-state index in [-0.39, 0.29) is 6.04 Å². The summed E-state index contributed by atoms with van der Waals surface area (Å²) in [4.78, 5) is 0. The molecule has 4 nitrogen and oxygen atoms in total. The van der Waals surface area contributed by atoms with Crippen LogP contribution in [0.5, 0.6) is 11.5 Å². The first kappa shape index (κ1) is 19.9. The number of ether oxygens (including phenoxy) is 2. The maximum Gasteiger partial charge on any atom is 0.171 e. The van der Waals surface area contributed by atoms with Gasteiger partial charge in [0.15, 0.2) is 28.2 Å². The molecule has 1 atom stereocenters. The van der Waals surface area contributed by atoms with Crippen molar-refractivity contribution in [2.75, 3.05) is 18.5 Å². The van der Waals surface area contributed by atoms with Gasteiger partial charge in [0.25, 0.3) is 0 Å². The fourth-order valence-corrected chi connectivity index (χ4v) is 2.65. The Morgan fingerprint density at radius 3 is 2.35 bits per heavy atom. The Morgan fingerprint density at radius 2 is 1.69 bits per heavy atom. The monoisotopic (exact) mass is 380 g/mol. The van der Waals surface area contributed by atoms with Crippen LogP contribution in [0, 0.1) is 11.6 Å². The van der Waals surface area contributed by atoms with E-state index < -0.39 is 11.6 Å². The summed E-state index contributed by atoms with van der Waals surface area (Å²) in [5, 5.41) is 6.25. The van der Waals surface area contributed by atoms with E-state index in [0.717, 1.165) is 17.7 Å². The standard InChI is InChI=1S/C19H22F2N2O2S/c1-4-24-17-9-6-13(10-18(17)25-5-2)12(3)22-19(26)23-14-7-8-15(20)16(21)11-14/h6-12H,4-5H2,1-3H3,(H2,22,23,26)/t12-/m1/s1. The number of anilines is 1. The zero-order valence-corrected chi connectivity index (χ0v) is 15.8. The van der Waals surface area contributed by atoms with Crippen LogP contribution in [0.15, 0.2) is 36.4 Å². The van der Waals surface area contributed by atoms with Crippen LogP contribution in [0.3, 0.4) is 0 Å². The van der Waals surface area contributed by atoms with Gasteiger partial charge in [-0.1, -0.05) is 6.07 Å². The first-order valence-electron chi connectivity index (χ1n) is 8.36. The van der Waals surface area contributed by atoms with Crippen molar-refractivity contribution in [3.05, 3.63) is 53.6 Å². The van der Waals surface area contributed by atoms with Crippen molar-refractivity contribution in [2.24, 2.45) is 0 Å². The number of rotatable bonds is 7. The normalized spacial score (nSPS) is 11.6. The maximum atomic E-state index is 13.3. The lowest BCUT2D eigenvalue weighted by Crippen LogP contribution is -2.31. The molecule has 0 aliphatic rings. The van der Waals surface area contributed by atoms with E-state index >= 15 is 0 Å². The summed E-state index contributed by atoms with van der Waals surface area (Å²) in [6, 6.07) is 9.06. The van der Waals surface area contributed by atoms with E-state index in [2.05, 4.69) is 10.6 Å². The number of nitrogens with one attached hydrogen (secondary N) is 2. The zero-order valence-electron chi connectivity index (χ0n) is 14.9. The molecule has 140 valence electrons. The summed E-state index contributed by atoms with van der Waals surface area (Å²) < 4.78 is 37.4. The molecule has 2 N–H and O–H groups in total. The molecule has 0 fully saturated rings. The predicted molar refractivity (Wildman–Crippen MR) is 103 cm³/mol. The van der Waals surface area contributed by atoms with Crippen molar-refractivity contribution in [1.82, 2.24) is 5.32 Å². The molecular weight excluding hydrogens is 358 g/mol. The second kappa shape index (κ2) is 9.33. The van der Waals surface area contributed by atoms with E-state index in [1.807, 2.05) is 39.0 Å². The molecule has 0 saturated carbocycles. The van der Waals surface area contributed by atoms with Crippen LogP contribution in [0.1, 0.15) is 32.4 Å². The van der Waals surface area contributed by atoms with Crippen molar-refractivity contribution in [2.45, 2.75) is 26.8 Å². The summed E-state index contributed by atoms with van der Waals surface area (Å²) in [7, 11) is 0. The molecule has 0 unspecified atom stereocenters. The molecule has 7 heteroatoms. The van der Waals surface area contributed by atoms with Gasteiger partial charge in [-0.05, 0) is 62.8 Å². The smallest absolute Gasteiger partial charge is 0.171 e. The summed E-state index contributed by atoms with van der Waals surface area (Å²) in [5.74, 6) is -0.480. The minimum Gasteiger partial charge on any atom is -0.490 e. The first-order valence-corrected chi connectivity index (χ1v) is 8.77. The van der Waals surface area contributed by atoms with Crippen molar-refractivity contribution in [3.63, 3.8) is 0 Å². The van der Waals surface area contributed by atoms with Gasteiger partial charge in [0.1, 0.15) is 0 Å². The van der Waals surface area contributed by atoms with Gasteiger partial charge in [-0.25, -0.2) is 8.78 Å². The average molecular weight is 380 g/mol. The maximum absolute atomic E-state index is 13.3. The zero-order chi connectivity index (χ0) is 19.1. The highest BCUT2D eigenvalue weighted by Gasteiger charge is 2.12. The summed E-state index contributed by atoms with van der Waals surface area (Å²) in [5.41, 5.74) is 1.32. The number of hydrogen-bond acceptors (Lipinski definition) is 3. The van der Waals surface area contributed by atoms with Gasteiger partial charge in [-0.3, -0.25) is 0 Å². The Kier molecular flexibility index (Phi) is 7.15. The van der Waals surface area contributed by atoms with Crippen LogP contribution >= 0.6 is 12.2 Å². The van der Waals surface area contributed by atoms with E-state index in [0.29, 0.717) is 35.5 Å². The number of hydrogen-bond donors (Lipinski definition) is 2. The Hall–Kier alpha value is -2.41. The highest BCUT2D eigenvalue weighted by atomic mass is 32.1. The average Bonchev–Trinajstić information content (AvgIpc) is 2.60. The van der Waals surface area contributed by atoms with Gasteiger partial charge < -0.3 is 20.1 Å². The molecule has 0 bridgehead atoms. The van der Waals surface area contributed by atoms with Crippen molar-refractivity contribution in [3.8, 4) is 11.5 Å². The molecule has 0 radical (unpaired) electrons. The van der Waals surface area contributed by atoms with E-state index in [4.69, 9.17) is 21.7 Å². The van der Waals surface area contributed by atoms with Crippen LogP contribution in [-0.4, -0.2) is 18.3 Å². The lowest BCUT2D eigenvalue weighted by molar-refractivity contribution is 0.287. The van der Waals surface area contributed by atoms with E-state index in [9.17, 15) is 8.78 Å². The third kappa shape index (κ3) is 5.29. The van der Waals surface area contributed by atoms with Crippen LogP contribution in [0.2, 0.25) is 0 Å². The van der Waals surface area contributed by atoms with Gasteiger partial charge in [0.05, 0.1) is 19.3 Å². The molecule has 2 aromatic rings. The molecule has 2 rings (SSSR count). The fraction of sp³-hybridized carbons (Fsp3) is 0.316. The van der Waals surface area contributed by atoms with Crippen molar-refractivity contribution < 1.29 is 18.3 Å². The molecule has 2 aromatic carbocycles. The summed E-state index contributed by atoms with van der Waals surface area (Å²) in [6.45, 7) is 6.84.